The van der Waals surface area contributed by atoms with E-state index in [0.29, 0.717) is 0 Å². The molecule has 21 heteroatoms. The molecule has 2 aromatic rings. The predicted molar refractivity (Wildman–Crippen MR) is 244 cm³/mol. The van der Waals surface area contributed by atoms with Crippen molar-refractivity contribution in [3.8, 4) is 0 Å². The van der Waals surface area contributed by atoms with Gasteiger partial charge in [-0.15, -0.1) is 0 Å². The zero-order chi connectivity index (χ0) is 51.2. The minimum atomic E-state index is -2.54. The van der Waals surface area contributed by atoms with Gasteiger partial charge >= 0.3 is 36.1 Å². The van der Waals surface area contributed by atoms with Crippen LogP contribution in [0, 0.1) is 16.7 Å². The van der Waals surface area contributed by atoms with Crippen molar-refractivity contribution in [1.29, 1.82) is 0 Å². The molecule has 0 spiro atoms. The van der Waals surface area contributed by atoms with Crippen LogP contribution in [0.1, 0.15) is 97.1 Å². The minimum absolute atomic E-state index is 0.00748. The van der Waals surface area contributed by atoms with Crippen LogP contribution < -0.4 is 5.32 Å². The number of hydrogen-bond donors (Lipinski definition) is 3. The SMILES string of the molecule is CC(=O)O[C@H]1C(=O)[C@@]2(C)C([C@H](OC(=O)c3ccccc3)[C@]3(O)CC(OC(=O)C(O)[C@@H](NC(=O)OC(C)(C)C)c4ccccc4)C(C)=C1C3(C)C)[C@]1(OC(C)=O)COC1C[C@@H]2OC(=O)OCC(Cl)(Cl)Cl. The smallest absolute Gasteiger partial charge is 0.456 e. The molecule has 1 heterocycles. The van der Waals surface area contributed by atoms with Crippen molar-refractivity contribution in [3.63, 3.8) is 0 Å². The van der Waals surface area contributed by atoms with E-state index in [1.807, 2.05) is 0 Å². The maximum atomic E-state index is 16.0. The number of alkyl carbamates (subject to hydrolysis) is 1. The first-order valence-electron chi connectivity index (χ1n) is 22.0. The molecule has 1 saturated heterocycles. The second-order valence-corrected chi connectivity index (χ2v) is 21.9. The summed E-state index contributed by atoms with van der Waals surface area (Å²) in [6.45, 7) is 11.6. The van der Waals surface area contributed by atoms with Gasteiger partial charge in [-0.25, -0.2) is 19.2 Å². The molecule has 4 aliphatic rings. The number of ketones is 1. The number of carbonyl (C=O) groups excluding carboxylic acids is 7. The van der Waals surface area contributed by atoms with E-state index < -0.39 is 142 Å². The maximum Gasteiger partial charge on any atom is 0.508 e. The lowest BCUT2D eigenvalue weighted by atomic mass is 9.44. The Morgan fingerprint density at radius 1 is 0.884 bits per heavy atom. The lowest BCUT2D eigenvalue weighted by molar-refractivity contribution is -0.346. The summed E-state index contributed by atoms with van der Waals surface area (Å²) < 4.78 is 44.9. The molecule has 18 nitrogen and oxygen atoms in total. The Hall–Kier alpha value is -4.98. The molecule has 4 unspecified atom stereocenters. The molecule has 1 aliphatic heterocycles. The van der Waals surface area contributed by atoms with E-state index in [9.17, 15) is 39.0 Å². The molecule has 6 rings (SSSR count). The van der Waals surface area contributed by atoms with Crippen molar-refractivity contribution in [3.05, 3.63) is 82.9 Å². The minimum Gasteiger partial charge on any atom is -0.456 e. The van der Waals surface area contributed by atoms with E-state index in [0.717, 1.165) is 13.8 Å². The molecule has 3 N–H and O–H groups in total. The number of Topliss-reactive ketones (excluding diaryl/α,β-unsaturated/α-hetero) is 1. The number of esters is 4. The molecular weight excluding hydrogens is 969 g/mol. The van der Waals surface area contributed by atoms with Crippen molar-refractivity contribution in [2.75, 3.05) is 13.2 Å². The highest BCUT2D eigenvalue weighted by Gasteiger charge is 2.79. The third-order valence-electron chi connectivity index (χ3n) is 13.4. The molecule has 2 aromatic carbocycles. The van der Waals surface area contributed by atoms with E-state index in [1.165, 1.54) is 39.8 Å². The van der Waals surface area contributed by atoms with Crippen LogP contribution in [0.5, 0.6) is 0 Å². The van der Waals surface area contributed by atoms with Crippen LogP contribution in [0.15, 0.2) is 71.8 Å². The van der Waals surface area contributed by atoms with Gasteiger partial charge in [-0.3, -0.25) is 14.4 Å². The normalized spacial score (nSPS) is 30.2. The van der Waals surface area contributed by atoms with Crippen LogP contribution in [0.3, 0.4) is 0 Å². The van der Waals surface area contributed by atoms with Gasteiger partial charge in [-0.1, -0.05) is 97.2 Å². The Balaban J connectivity index is 1.58. The van der Waals surface area contributed by atoms with E-state index >= 15 is 4.79 Å². The van der Waals surface area contributed by atoms with Crippen molar-refractivity contribution >= 4 is 76.7 Å². The third-order valence-corrected chi connectivity index (χ3v) is 13.7. The van der Waals surface area contributed by atoms with Gasteiger partial charge < -0.3 is 53.4 Å². The number of alkyl halides is 3. The first kappa shape index (κ1) is 53.4. The zero-order valence-electron chi connectivity index (χ0n) is 39.4. The summed E-state index contributed by atoms with van der Waals surface area (Å²) in [6.07, 6.45) is -14.0. The third kappa shape index (κ3) is 10.6. The van der Waals surface area contributed by atoms with Gasteiger partial charge in [0.1, 0.15) is 42.2 Å². The highest BCUT2D eigenvalue weighted by molar-refractivity contribution is 6.67. The fourth-order valence-corrected chi connectivity index (χ4v) is 10.4. The maximum absolute atomic E-state index is 16.0. The van der Waals surface area contributed by atoms with Crippen LogP contribution in [-0.2, 0) is 57.1 Å². The van der Waals surface area contributed by atoms with E-state index in [-0.39, 0.29) is 28.7 Å². The fraction of sp³-hybridized carbons (Fsp3) is 0.562. The zero-order valence-corrected chi connectivity index (χ0v) is 41.6. The number of rotatable bonds is 11. The number of halogens is 3. The molecule has 0 radical (unpaired) electrons. The van der Waals surface area contributed by atoms with E-state index in [4.69, 9.17) is 72.7 Å². The van der Waals surface area contributed by atoms with Gasteiger partial charge in [-0.2, -0.15) is 0 Å². The monoisotopic (exact) mass is 1020 g/mol. The Kier molecular flexibility index (Phi) is 15.2. The van der Waals surface area contributed by atoms with Crippen molar-refractivity contribution in [2.45, 2.75) is 138 Å². The van der Waals surface area contributed by atoms with Gasteiger partial charge in [0.15, 0.2) is 23.6 Å². The summed E-state index contributed by atoms with van der Waals surface area (Å²) in [5.74, 6) is -6.91. The van der Waals surface area contributed by atoms with Crippen molar-refractivity contribution < 1.29 is 81.7 Å². The van der Waals surface area contributed by atoms with Gasteiger partial charge in [0.2, 0.25) is 3.79 Å². The number of nitrogens with one attached hydrogen (secondary N) is 1. The number of amides is 1. The number of benzene rings is 2. The largest absolute Gasteiger partial charge is 0.508 e. The van der Waals surface area contributed by atoms with Gasteiger partial charge in [0.25, 0.3) is 0 Å². The number of carbonyl (C=O) groups is 7. The summed E-state index contributed by atoms with van der Waals surface area (Å²) in [7, 11) is 0. The van der Waals surface area contributed by atoms with Gasteiger partial charge in [0.05, 0.1) is 29.5 Å². The highest BCUT2D eigenvalue weighted by atomic mass is 35.6. The Bertz CT molecular complexity index is 2370. The number of aliphatic hydroxyl groups is 2. The van der Waals surface area contributed by atoms with Crippen LogP contribution >= 0.6 is 34.8 Å². The molecule has 3 fully saturated rings. The lowest BCUT2D eigenvalue weighted by Crippen LogP contribution is -2.82. The van der Waals surface area contributed by atoms with Crippen LogP contribution in [-0.4, -0.2) is 123 Å². The second-order valence-electron chi connectivity index (χ2n) is 19.4. The molecule has 0 aromatic heterocycles. The molecule has 2 bridgehead atoms. The summed E-state index contributed by atoms with van der Waals surface area (Å²) >= 11 is 17.6. The summed E-state index contributed by atoms with van der Waals surface area (Å²) in [4.78, 5) is 98.0. The van der Waals surface area contributed by atoms with Crippen LogP contribution in [0.25, 0.3) is 0 Å². The second kappa shape index (κ2) is 19.7. The van der Waals surface area contributed by atoms with E-state index in [2.05, 4.69) is 5.32 Å². The topological polar surface area (TPSA) is 246 Å². The molecule has 3 aliphatic carbocycles. The van der Waals surface area contributed by atoms with Gasteiger partial charge in [0, 0.05) is 32.1 Å². The Labute approximate surface area is 413 Å². The summed E-state index contributed by atoms with van der Waals surface area (Å²) in [5.41, 5.74) is -9.25. The average Bonchev–Trinajstić information content (AvgIpc) is 3.24. The first-order valence-corrected chi connectivity index (χ1v) is 23.2. The molecule has 2 saturated carbocycles. The van der Waals surface area contributed by atoms with Crippen molar-refractivity contribution in [2.24, 2.45) is 16.7 Å². The van der Waals surface area contributed by atoms with Crippen LogP contribution in [0.4, 0.5) is 9.59 Å². The lowest BCUT2D eigenvalue weighted by Gasteiger charge is -2.67. The molecule has 11 atom stereocenters. The Morgan fingerprint density at radius 2 is 1.49 bits per heavy atom. The van der Waals surface area contributed by atoms with E-state index in [1.54, 1.807) is 69.3 Å². The average molecular weight is 1030 g/mol. The van der Waals surface area contributed by atoms with Gasteiger partial charge in [-0.05, 0) is 63.5 Å². The highest BCUT2D eigenvalue weighted by Crippen LogP contribution is 2.65. The number of hydrogen-bond acceptors (Lipinski definition) is 17. The Morgan fingerprint density at radius 3 is 2.03 bits per heavy atom. The van der Waals surface area contributed by atoms with Crippen molar-refractivity contribution in [1.82, 2.24) is 5.32 Å². The molecule has 376 valence electrons. The fourth-order valence-electron chi connectivity index (χ4n) is 10.2. The first-order chi connectivity index (χ1) is 32.0. The number of aliphatic hydroxyl groups excluding tert-OH is 1. The molecule has 69 heavy (non-hydrogen) atoms. The quantitative estimate of drug-likeness (QED) is 0.0959. The molecular formula is C48H56Cl3NO17. The number of ether oxygens (including phenoxy) is 8. The summed E-state index contributed by atoms with van der Waals surface area (Å²) in [5, 5.41) is 28.2. The standard InChI is InChI=1S/C48H56Cl3NO17/c1-24-29(65-40(58)34(55)33(27-16-12-10-13-17-27)52-41(59)69-43(4,5)6)21-47(61)38(67-39(57)28-18-14-11-15-19-28)36-45(9,37(56)35(64-25(2)53)32(24)44(47,7)8)30(66-42(60)63-23-48(49,50)51)20-31-46(36,22-62-31)68-26(3)54/h10-19,29-31,33-36,38,55,61H,20-23H2,1-9H3,(H,52,59)/t29?,30-,31?,33-,34?,35+,36?,38-,45+,46-,47+/m0/s1. The number of fused-ring (bicyclic) bond motifs is 5. The summed E-state index contributed by atoms with van der Waals surface area (Å²) in [6, 6.07) is 14.2. The molecule has 1 amide bonds. The predicted octanol–water partition coefficient (Wildman–Crippen LogP) is 6.36. The van der Waals surface area contributed by atoms with Crippen LogP contribution in [0.2, 0.25) is 0 Å².